The molecule has 0 atom stereocenters. The molecule has 0 saturated heterocycles. The summed E-state index contributed by atoms with van der Waals surface area (Å²) in [4.78, 5) is 7.79. The average molecular weight is 245 g/mol. The highest BCUT2D eigenvalue weighted by molar-refractivity contribution is 6.29. The quantitative estimate of drug-likeness (QED) is 0.687. The molecule has 4 N–H and O–H groups in total. The van der Waals surface area contributed by atoms with Crippen molar-refractivity contribution in [1.82, 2.24) is 9.97 Å². The summed E-state index contributed by atoms with van der Waals surface area (Å²) in [5.41, 5.74) is 5.11. The lowest BCUT2D eigenvalue weighted by Gasteiger charge is -2.31. The first-order valence-electron chi connectivity index (χ1n) is 5.24. The number of anilines is 2. The zero-order valence-corrected chi connectivity index (χ0v) is 10.3. The van der Waals surface area contributed by atoms with Gasteiger partial charge in [0.2, 0.25) is 5.95 Å². The van der Waals surface area contributed by atoms with Crippen molar-refractivity contribution in [3.05, 3.63) is 11.2 Å². The number of rotatable bonds is 5. The van der Waals surface area contributed by atoms with Gasteiger partial charge in [0, 0.05) is 6.07 Å². The number of aliphatic hydroxyl groups excluding tert-OH is 1. The van der Waals surface area contributed by atoms with Crippen LogP contribution in [0, 0.1) is 0 Å². The van der Waals surface area contributed by atoms with Crippen molar-refractivity contribution in [2.45, 2.75) is 32.2 Å². The van der Waals surface area contributed by atoms with E-state index in [1.165, 1.54) is 0 Å². The smallest absolute Gasteiger partial charge is 0.223 e. The van der Waals surface area contributed by atoms with Crippen molar-refractivity contribution >= 4 is 23.4 Å². The van der Waals surface area contributed by atoms with Gasteiger partial charge in [-0.25, -0.2) is 4.98 Å². The third-order valence-corrected chi connectivity index (χ3v) is 2.96. The third-order valence-electron chi connectivity index (χ3n) is 2.76. The summed E-state index contributed by atoms with van der Waals surface area (Å²) in [7, 11) is 0. The second kappa shape index (κ2) is 5.32. The number of nitrogens with zero attached hydrogens (tertiary/aromatic N) is 2. The van der Waals surface area contributed by atoms with E-state index in [0.717, 1.165) is 12.8 Å². The van der Waals surface area contributed by atoms with Crippen LogP contribution in [-0.4, -0.2) is 27.2 Å². The van der Waals surface area contributed by atoms with E-state index < -0.39 is 0 Å². The van der Waals surface area contributed by atoms with Crippen LogP contribution in [0.1, 0.15) is 26.7 Å². The monoisotopic (exact) mass is 244 g/mol. The van der Waals surface area contributed by atoms with Gasteiger partial charge in [-0.05, 0) is 12.8 Å². The first-order chi connectivity index (χ1) is 7.55. The maximum absolute atomic E-state index is 9.41. The van der Waals surface area contributed by atoms with Gasteiger partial charge in [0.05, 0.1) is 12.1 Å². The highest BCUT2D eigenvalue weighted by atomic mass is 35.5. The molecule has 0 saturated carbocycles. The van der Waals surface area contributed by atoms with Crippen LogP contribution in [0.2, 0.25) is 5.15 Å². The predicted molar refractivity (Wildman–Crippen MR) is 65.5 cm³/mol. The van der Waals surface area contributed by atoms with Crippen LogP contribution >= 0.6 is 11.6 Å². The molecule has 0 aliphatic rings. The van der Waals surface area contributed by atoms with Crippen LogP contribution in [0.5, 0.6) is 0 Å². The van der Waals surface area contributed by atoms with Crippen molar-refractivity contribution in [1.29, 1.82) is 0 Å². The van der Waals surface area contributed by atoms with E-state index in [0.29, 0.717) is 5.82 Å². The van der Waals surface area contributed by atoms with Crippen LogP contribution < -0.4 is 11.1 Å². The minimum atomic E-state index is -0.385. The fraction of sp³-hybridized carbons (Fsp3) is 0.600. The molecule has 16 heavy (non-hydrogen) atoms. The van der Waals surface area contributed by atoms with E-state index in [4.69, 9.17) is 17.3 Å². The van der Waals surface area contributed by atoms with Gasteiger partial charge in [-0.1, -0.05) is 25.4 Å². The molecule has 0 spiro atoms. The molecule has 5 nitrogen and oxygen atoms in total. The van der Waals surface area contributed by atoms with Crippen molar-refractivity contribution in [2.24, 2.45) is 0 Å². The predicted octanol–water partition coefficient (Wildman–Crippen LogP) is 1.68. The Bertz CT molecular complexity index is 326. The summed E-state index contributed by atoms with van der Waals surface area (Å²) in [5.74, 6) is 0.657. The van der Waals surface area contributed by atoms with Crippen molar-refractivity contribution < 1.29 is 5.11 Å². The second-order valence-corrected chi connectivity index (χ2v) is 4.09. The summed E-state index contributed by atoms with van der Waals surface area (Å²) < 4.78 is 0. The molecule has 0 amide bonds. The molecule has 1 heterocycles. The first-order valence-corrected chi connectivity index (χ1v) is 5.62. The highest BCUT2D eigenvalue weighted by Crippen LogP contribution is 2.22. The number of aliphatic hydroxyl groups is 1. The molecule has 1 aromatic heterocycles. The summed E-state index contributed by atoms with van der Waals surface area (Å²) in [6.07, 6.45) is 1.56. The topological polar surface area (TPSA) is 84.1 Å². The number of hydrogen-bond donors (Lipinski definition) is 3. The van der Waals surface area contributed by atoms with Gasteiger partial charge >= 0.3 is 0 Å². The first kappa shape index (κ1) is 13.0. The van der Waals surface area contributed by atoms with Gasteiger partial charge in [-0.3, -0.25) is 0 Å². The van der Waals surface area contributed by atoms with Gasteiger partial charge in [-0.2, -0.15) is 4.98 Å². The Balaban J connectivity index is 2.93. The molecule has 0 aromatic carbocycles. The molecular formula is C10H17ClN4O. The highest BCUT2D eigenvalue weighted by Gasteiger charge is 2.25. The molecule has 0 radical (unpaired) electrons. The molecule has 0 unspecified atom stereocenters. The second-order valence-electron chi connectivity index (χ2n) is 3.70. The van der Waals surface area contributed by atoms with Crippen LogP contribution in [0.15, 0.2) is 6.07 Å². The maximum Gasteiger partial charge on any atom is 0.223 e. The van der Waals surface area contributed by atoms with E-state index in [1.807, 2.05) is 13.8 Å². The normalized spacial score (nSPS) is 11.5. The fourth-order valence-corrected chi connectivity index (χ4v) is 1.65. The van der Waals surface area contributed by atoms with Crippen LogP contribution in [-0.2, 0) is 0 Å². The Morgan fingerprint density at radius 3 is 2.50 bits per heavy atom. The summed E-state index contributed by atoms with van der Waals surface area (Å²) in [6.45, 7) is 4.03. The Kier molecular flexibility index (Phi) is 4.32. The number of nitrogen functional groups attached to an aromatic ring is 1. The molecule has 0 aliphatic carbocycles. The van der Waals surface area contributed by atoms with E-state index in [-0.39, 0.29) is 23.2 Å². The number of aromatic nitrogens is 2. The van der Waals surface area contributed by atoms with Gasteiger partial charge in [0.25, 0.3) is 0 Å². The van der Waals surface area contributed by atoms with Gasteiger partial charge in [-0.15, -0.1) is 0 Å². The van der Waals surface area contributed by atoms with E-state index in [1.54, 1.807) is 6.07 Å². The molecule has 0 fully saturated rings. The van der Waals surface area contributed by atoms with E-state index in [9.17, 15) is 5.11 Å². The third kappa shape index (κ3) is 2.96. The fourth-order valence-electron chi connectivity index (χ4n) is 1.46. The summed E-state index contributed by atoms with van der Waals surface area (Å²) in [6, 6.07) is 1.59. The Labute approximate surface area is 100 Å². The zero-order valence-electron chi connectivity index (χ0n) is 9.50. The lowest BCUT2D eigenvalue weighted by Crippen LogP contribution is -2.41. The zero-order chi connectivity index (χ0) is 12.2. The molecule has 1 aromatic rings. The SMILES string of the molecule is CCC(CC)(CO)Nc1cc(Cl)nc(N)n1. The van der Waals surface area contributed by atoms with Crippen molar-refractivity contribution in [3.63, 3.8) is 0 Å². The molecule has 1 rings (SSSR count). The van der Waals surface area contributed by atoms with E-state index in [2.05, 4.69) is 15.3 Å². The minimum absolute atomic E-state index is 0.0293. The standard InChI is InChI=1S/C10H17ClN4O/c1-3-10(4-2,6-16)15-8-5-7(11)13-9(12)14-8/h5,16H,3-4,6H2,1-2H3,(H3,12,13,14,15). The lowest BCUT2D eigenvalue weighted by atomic mass is 9.94. The average Bonchev–Trinajstić information content (AvgIpc) is 2.25. The molecule has 0 aliphatic heterocycles. The Morgan fingerprint density at radius 2 is 2.06 bits per heavy atom. The van der Waals surface area contributed by atoms with Crippen molar-refractivity contribution in [3.8, 4) is 0 Å². The Hall–Kier alpha value is -1.07. The maximum atomic E-state index is 9.41. The number of nitrogens with one attached hydrogen (secondary N) is 1. The largest absolute Gasteiger partial charge is 0.394 e. The lowest BCUT2D eigenvalue weighted by molar-refractivity contribution is 0.202. The Morgan fingerprint density at radius 1 is 1.44 bits per heavy atom. The van der Waals surface area contributed by atoms with Gasteiger partial charge in [0.15, 0.2) is 0 Å². The number of nitrogens with two attached hydrogens (primary N) is 1. The molecule has 90 valence electrons. The minimum Gasteiger partial charge on any atom is -0.394 e. The molecule has 6 heteroatoms. The van der Waals surface area contributed by atoms with Crippen LogP contribution in [0.3, 0.4) is 0 Å². The summed E-state index contributed by atoms with van der Waals surface area (Å²) in [5, 5.41) is 12.9. The van der Waals surface area contributed by atoms with Crippen molar-refractivity contribution in [2.75, 3.05) is 17.7 Å². The van der Waals surface area contributed by atoms with Crippen LogP contribution in [0.25, 0.3) is 0 Å². The van der Waals surface area contributed by atoms with Crippen LogP contribution in [0.4, 0.5) is 11.8 Å². The number of hydrogen-bond acceptors (Lipinski definition) is 5. The van der Waals surface area contributed by atoms with E-state index >= 15 is 0 Å². The number of halogens is 1. The molecular weight excluding hydrogens is 228 g/mol. The summed E-state index contributed by atoms with van der Waals surface area (Å²) >= 11 is 5.77. The van der Waals surface area contributed by atoms with Gasteiger partial charge in [0.1, 0.15) is 11.0 Å². The van der Waals surface area contributed by atoms with Gasteiger partial charge < -0.3 is 16.2 Å². The molecule has 0 bridgehead atoms.